The van der Waals surface area contributed by atoms with Crippen molar-refractivity contribution < 1.29 is 14.3 Å². The van der Waals surface area contributed by atoms with Gasteiger partial charge in [-0.15, -0.1) is 0 Å². The Kier molecular flexibility index (Phi) is 6.21. The van der Waals surface area contributed by atoms with Gasteiger partial charge < -0.3 is 14.8 Å². The number of ether oxygens (including phenoxy) is 2. The van der Waals surface area contributed by atoms with Crippen LogP contribution in [0.2, 0.25) is 0 Å². The summed E-state index contributed by atoms with van der Waals surface area (Å²) >= 11 is 0. The van der Waals surface area contributed by atoms with Crippen molar-refractivity contribution in [2.45, 2.75) is 45.6 Å². The normalized spacial score (nSPS) is 24.9. The fourth-order valence-corrected chi connectivity index (χ4v) is 5.13. The number of hydrogen-bond donors (Lipinski definition) is 1. The lowest BCUT2D eigenvalue weighted by Crippen LogP contribution is -2.56. The molecule has 0 radical (unpaired) electrons. The van der Waals surface area contributed by atoms with Crippen LogP contribution < -0.4 is 14.8 Å². The van der Waals surface area contributed by atoms with Gasteiger partial charge in [0.2, 0.25) is 5.91 Å². The van der Waals surface area contributed by atoms with Crippen LogP contribution in [0, 0.1) is 11.3 Å². The number of methoxy groups -OCH3 is 2. The minimum atomic E-state index is -0.346. The van der Waals surface area contributed by atoms with E-state index in [9.17, 15) is 4.79 Å². The summed E-state index contributed by atoms with van der Waals surface area (Å²) in [6, 6.07) is 8.58. The molecule has 4 atom stereocenters. The molecule has 0 spiro atoms. The van der Waals surface area contributed by atoms with Gasteiger partial charge in [0.05, 0.1) is 19.9 Å². The molecule has 3 saturated heterocycles. The van der Waals surface area contributed by atoms with Crippen molar-refractivity contribution in [3.63, 3.8) is 0 Å². The third kappa shape index (κ3) is 4.35. The van der Waals surface area contributed by atoms with Crippen LogP contribution in [0.4, 0.5) is 0 Å². The van der Waals surface area contributed by atoms with E-state index in [4.69, 9.17) is 14.6 Å². The Morgan fingerprint density at radius 1 is 1.19 bits per heavy atom. The van der Waals surface area contributed by atoms with Crippen LogP contribution in [0.25, 0.3) is 11.3 Å². The molecular weight excluding hydrogens is 404 g/mol. The average molecular weight is 441 g/mol. The van der Waals surface area contributed by atoms with E-state index in [0.717, 1.165) is 43.1 Å². The van der Waals surface area contributed by atoms with Crippen LogP contribution in [0.5, 0.6) is 11.5 Å². The van der Waals surface area contributed by atoms with Gasteiger partial charge in [0.15, 0.2) is 11.5 Å². The van der Waals surface area contributed by atoms with Gasteiger partial charge in [0.25, 0.3) is 0 Å². The molecule has 32 heavy (non-hydrogen) atoms. The minimum Gasteiger partial charge on any atom is -0.493 e. The third-order valence-corrected chi connectivity index (χ3v) is 7.03. The number of fused-ring (bicyclic) bond motifs is 3. The van der Waals surface area contributed by atoms with Gasteiger partial charge in [-0.25, -0.2) is 0 Å². The Morgan fingerprint density at radius 3 is 2.56 bits per heavy atom. The first-order valence-corrected chi connectivity index (χ1v) is 11.5. The van der Waals surface area contributed by atoms with Crippen LogP contribution >= 0.6 is 0 Å². The lowest BCUT2D eigenvalue weighted by Gasteiger charge is -2.50. The number of hydrogen-bond acceptors (Lipinski definition) is 5. The molecule has 174 valence electrons. The van der Waals surface area contributed by atoms with Gasteiger partial charge in [-0.3, -0.25) is 14.4 Å². The largest absolute Gasteiger partial charge is 0.493 e. The molecule has 7 nitrogen and oxygen atoms in total. The summed E-state index contributed by atoms with van der Waals surface area (Å²) in [7, 11) is 5.34. The second kappa shape index (κ2) is 8.77. The van der Waals surface area contributed by atoms with Crippen molar-refractivity contribution >= 4 is 5.91 Å². The maximum absolute atomic E-state index is 12.3. The van der Waals surface area contributed by atoms with E-state index in [2.05, 4.69) is 16.3 Å². The Morgan fingerprint density at radius 2 is 1.94 bits per heavy atom. The highest BCUT2D eigenvalue weighted by atomic mass is 16.5. The second-order valence-electron chi connectivity index (χ2n) is 10.1. The summed E-state index contributed by atoms with van der Waals surface area (Å²) in [5.41, 5.74) is 2.91. The van der Waals surface area contributed by atoms with Crippen LogP contribution in [-0.4, -0.2) is 60.5 Å². The number of carbonyl (C=O) groups excluding carboxylic acids is 1. The van der Waals surface area contributed by atoms with E-state index < -0.39 is 0 Å². The Balaban J connectivity index is 1.48. The van der Waals surface area contributed by atoms with Gasteiger partial charge >= 0.3 is 0 Å². The molecule has 1 unspecified atom stereocenters. The highest BCUT2D eigenvalue weighted by Crippen LogP contribution is 2.42. The molecule has 4 heterocycles. The van der Waals surface area contributed by atoms with Crippen molar-refractivity contribution in [2.24, 2.45) is 18.4 Å². The monoisotopic (exact) mass is 440 g/mol. The number of amides is 1. The number of aryl methyl sites for hydroxylation is 1. The first kappa shape index (κ1) is 22.6. The quantitative estimate of drug-likeness (QED) is 0.745. The smallest absolute Gasteiger partial charge is 0.225 e. The number of carbonyl (C=O) groups is 1. The van der Waals surface area contributed by atoms with Gasteiger partial charge in [-0.05, 0) is 49.6 Å². The summed E-state index contributed by atoms with van der Waals surface area (Å²) in [6.45, 7) is 8.75. The number of piperidine rings is 3. The molecule has 3 aliphatic rings. The Labute approximate surface area is 191 Å². The molecule has 3 fully saturated rings. The van der Waals surface area contributed by atoms with E-state index in [1.807, 2.05) is 50.7 Å². The van der Waals surface area contributed by atoms with Gasteiger partial charge in [-0.2, -0.15) is 5.10 Å². The van der Waals surface area contributed by atoms with Crippen molar-refractivity contribution in [2.75, 3.05) is 33.9 Å². The number of nitrogens with zero attached hydrogens (tertiary/aromatic N) is 3. The molecule has 7 heteroatoms. The molecule has 3 aliphatic heterocycles. The zero-order valence-corrected chi connectivity index (χ0v) is 20.1. The molecule has 5 rings (SSSR count). The first-order valence-electron chi connectivity index (χ1n) is 11.5. The molecule has 2 aromatic rings. The molecule has 1 aromatic heterocycles. The average Bonchev–Trinajstić information content (AvgIpc) is 3.18. The molecule has 0 aliphatic carbocycles. The SMILES string of the molecule is COc1ccc(-c2cc([C@H]3CN4CC[C@H]3C[C@@H]4CNC(=O)C(C)(C)C)n(C)n2)cc1OC. The predicted molar refractivity (Wildman–Crippen MR) is 125 cm³/mol. The van der Waals surface area contributed by atoms with E-state index in [0.29, 0.717) is 23.6 Å². The van der Waals surface area contributed by atoms with Crippen molar-refractivity contribution in [1.82, 2.24) is 20.0 Å². The molecule has 1 N–H and O–H groups in total. The van der Waals surface area contributed by atoms with Crippen molar-refractivity contribution in [3.8, 4) is 22.8 Å². The number of benzene rings is 1. The lowest BCUT2D eigenvalue weighted by molar-refractivity contribution is -0.129. The number of rotatable bonds is 6. The summed E-state index contributed by atoms with van der Waals surface area (Å²) in [5.74, 6) is 2.63. The molecular formula is C25H36N4O3. The van der Waals surface area contributed by atoms with Crippen LogP contribution in [0.15, 0.2) is 24.3 Å². The number of aromatic nitrogens is 2. The maximum atomic E-state index is 12.3. The highest BCUT2D eigenvalue weighted by molar-refractivity contribution is 5.81. The summed E-state index contributed by atoms with van der Waals surface area (Å²) in [5, 5.41) is 7.99. The van der Waals surface area contributed by atoms with Crippen molar-refractivity contribution in [3.05, 3.63) is 30.0 Å². The fourth-order valence-electron chi connectivity index (χ4n) is 5.13. The molecule has 1 amide bonds. The Hall–Kier alpha value is -2.54. The van der Waals surface area contributed by atoms with Gasteiger partial charge in [0, 0.05) is 48.8 Å². The van der Waals surface area contributed by atoms with E-state index in [-0.39, 0.29) is 11.3 Å². The van der Waals surface area contributed by atoms with E-state index in [1.54, 1.807) is 14.2 Å². The van der Waals surface area contributed by atoms with E-state index in [1.165, 1.54) is 12.1 Å². The maximum Gasteiger partial charge on any atom is 0.225 e. The third-order valence-electron chi connectivity index (χ3n) is 7.03. The molecule has 1 aromatic carbocycles. The fraction of sp³-hybridized carbons (Fsp3) is 0.600. The summed E-state index contributed by atoms with van der Waals surface area (Å²) in [6.07, 6.45) is 2.32. The van der Waals surface area contributed by atoms with Crippen LogP contribution in [0.3, 0.4) is 0 Å². The van der Waals surface area contributed by atoms with Gasteiger partial charge in [0.1, 0.15) is 0 Å². The second-order valence-corrected chi connectivity index (χ2v) is 10.1. The molecule has 0 saturated carbocycles. The topological polar surface area (TPSA) is 68.6 Å². The Bertz CT molecular complexity index is 978. The standard InChI is InChI=1S/C25H36N4O3/c1-25(2,3)24(30)26-14-18-11-16-9-10-29(18)15-19(16)21-13-20(27-28(21)4)17-7-8-22(31-5)23(12-17)32-6/h7-8,12-13,16,18-19H,9-11,14-15H2,1-6H3,(H,26,30)/t16-,18+,19-/m0/s1. The van der Waals surface area contributed by atoms with Crippen LogP contribution in [-0.2, 0) is 11.8 Å². The first-order chi connectivity index (χ1) is 15.2. The molecule has 2 bridgehead atoms. The zero-order chi connectivity index (χ0) is 23.0. The van der Waals surface area contributed by atoms with Crippen LogP contribution in [0.1, 0.15) is 45.2 Å². The highest BCUT2D eigenvalue weighted by Gasteiger charge is 2.42. The summed E-state index contributed by atoms with van der Waals surface area (Å²) < 4.78 is 12.9. The number of nitrogens with one attached hydrogen (secondary N) is 1. The zero-order valence-electron chi connectivity index (χ0n) is 20.1. The predicted octanol–water partition coefficient (Wildman–Crippen LogP) is 3.44. The minimum absolute atomic E-state index is 0.128. The van der Waals surface area contributed by atoms with Gasteiger partial charge in [-0.1, -0.05) is 20.8 Å². The van der Waals surface area contributed by atoms with Crippen molar-refractivity contribution in [1.29, 1.82) is 0 Å². The summed E-state index contributed by atoms with van der Waals surface area (Å²) in [4.78, 5) is 14.9. The van der Waals surface area contributed by atoms with E-state index >= 15 is 0 Å². The lowest BCUT2D eigenvalue weighted by atomic mass is 9.74.